The van der Waals surface area contributed by atoms with Crippen molar-refractivity contribution < 1.29 is 8.57 Å². The van der Waals surface area contributed by atoms with Gasteiger partial charge in [-0.15, -0.1) is 0 Å². The second kappa shape index (κ2) is 8.56. The normalized spacial score (nSPS) is 20.8. The average Bonchev–Trinajstić information content (AvgIpc) is 3.19. The molecule has 5 heteroatoms. The van der Waals surface area contributed by atoms with E-state index < -0.39 is 10.3 Å². The molecule has 1 saturated carbocycles. The lowest BCUT2D eigenvalue weighted by atomic mass is 9.93. The van der Waals surface area contributed by atoms with E-state index in [0.29, 0.717) is 0 Å². The van der Waals surface area contributed by atoms with Gasteiger partial charge in [0, 0.05) is 14.5 Å². The summed E-state index contributed by atoms with van der Waals surface area (Å²) in [5.74, 6) is -0.266. The predicted molar refractivity (Wildman–Crippen MR) is 121 cm³/mol. The van der Waals surface area contributed by atoms with Gasteiger partial charge in [-0.05, 0) is 70.7 Å². The number of halogens is 1. The summed E-state index contributed by atoms with van der Waals surface area (Å²) in [5, 5.41) is 4.18. The van der Waals surface area contributed by atoms with E-state index in [1.807, 2.05) is 0 Å². The van der Waals surface area contributed by atoms with Crippen molar-refractivity contribution in [3.8, 4) is 0 Å². The van der Waals surface area contributed by atoms with Crippen LogP contribution in [-0.4, -0.2) is 20.6 Å². The predicted octanol–water partition coefficient (Wildman–Crippen LogP) is 7.16. The monoisotopic (exact) mass is 426 g/mol. The minimum absolute atomic E-state index is 0.0718. The zero-order valence-electron chi connectivity index (χ0n) is 18.0. The molecule has 0 N–H and O–H groups in total. The molecule has 2 aromatic carbocycles. The quantitative estimate of drug-likeness (QED) is 0.433. The molecule has 1 aliphatic rings. The zero-order chi connectivity index (χ0) is 21.2. The summed E-state index contributed by atoms with van der Waals surface area (Å²) in [6.45, 7) is 6.88. The Morgan fingerprint density at radius 1 is 0.900 bits per heavy atom. The number of benzene rings is 2. The van der Waals surface area contributed by atoms with E-state index in [1.165, 1.54) is 22.2 Å². The highest BCUT2D eigenvalue weighted by atomic mass is 32.3. The molecule has 1 heterocycles. The SMILES string of the molecule is CC(C)(C)S(OC1CCC(n2cc(F)cn2)CC1)(c1ccccc1)c1ccccc1. The van der Waals surface area contributed by atoms with E-state index in [2.05, 4.69) is 86.5 Å². The molecule has 1 aromatic heterocycles. The lowest BCUT2D eigenvalue weighted by Crippen LogP contribution is -2.33. The van der Waals surface area contributed by atoms with E-state index in [1.54, 1.807) is 4.68 Å². The van der Waals surface area contributed by atoms with Crippen LogP contribution >= 0.6 is 10.3 Å². The van der Waals surface area contributed by atoms with Crippen LogP contribution in [0.5, 0.6) is 0 Å². The fraction of sp³-hybridized carbons (Fsp3) is 0.400. The molecule has 160 valence electrons. The molecule has 3 aromatic rings. The number of hydrogen-bond donors (Lipinski definition) is 0. The van der Waals surface area contributed by atoms with Crippen molar-refractivity contribution in [2.24, 2.45) is 0 Å². The van der Waals surface area contributed by atoms with Crippen molar-refractivity contribution >= 4 is 10.3 Å². The lowest BCUT2D eigenvalue weighted by molar-refractivity contribution is 0.142. The van der Waals surface area contributed by atoms with E-state index in [9.17, 15) is 4.39 Å². The molecule has 0 saturated heterocycles. The molecule has 30 heavy (non-hydrogen) atoms. The Morgan fingerprint density at radius 3 is 1.87 bits per heavy atom. The largest absolute Gasteiger partial charge is 0.324 e. The third-order valence-electron chi connectivity index (χ3n) is 5.88. The molecule has 3 nitrogen and oxygen atoms in total. The summed E-state index contributed by atoms with van der Waals surface area (Å²) in [6.07, 6.45) is 6.79. The van der Waals surface area contributed by atoms with Gasteiger partial charge in [-0.25, -0.2) is 4.39 Å². The second-order valence-electron chi connectivity index (χ2n) is 8.96. The van der Waals surface area contributed by atoms with E-state index in [0.717, 1.165) is 25.7 Å². The minimum atomic E-state index is -1.73. The van der Waals surface area contributed by atoms with Crippen molar-refractivity contribution in [3.05, 3.63) is 78.9 Å². The van der Waals surface area contributed by atoms with Crippen LogP contribution in [0.3, 0.4) is 0 Å². The van der Waals surface area contributed by atoms with Crippen LogP contribution in [0.25, 0.3) is 0 Å². The molecule has 1 fully saturated rings. The highest BCUT2D eigenvalue weighted by Crippen LogP contribution is 2.72. The maximum absolute atomic E-state index is 13.4. The number of nitrogens with zero attached hydrogens (tertiary/aromatic N) is 2. The van der Waals surface area contributed by atoms with Crippen LogP contribution in [-0.2, 0) is 4.18 Å². The van der Waals surface area contributed by atoms with Crippen molar-refractivity contribution in [2.45, 2.75) is 73.1 Å². The highest BCUT2D eigenvalue weighted by Gasteiger charge is 2.43. The van der Waals surface area contributed by atoms with Gasteiger partial charge in [-0.3, -0.25) is 4.68 Å². The van der Waals surface area contributed by atoms with E-state index in [-0.39, 0.29) is 22.7 Å². The number of rotatable bonds is 5. The van der Waals surface area contributed by atoms with Gasteiger partial charge in [0.15, 0.2) is 5.82 Å². The Kier molecular flexibility index (Phi) is 6.03. The lowest BCUT2D eigenvalue weighted by Gasteiger charge is -2.52. The molecule has 0 amide bonds. The Hall–Kier alpha value is -2.11. The standard InChI is InChI=1S/C25H31FN2OS/c1-25(2,3)30(23-10-6-4-7-11-23,24-12-8-5-9-13-24)29-22-16-14-21(15-17-22)28-19-20(26)18-27-28/h4-13,18-19,21-22H,14-17H2,1-3H3. The van der Waals surface area contributed by atoms with Gasteiger partial charge < -0.3 is 4.18 Å². The van der Waals surface area contributed by atoms with Gasteiger partial charge in [0.05, 0.1) is 24.5 Å². The third-order valence-corrected chi connectivity index (χ3v) is 10.0. The van der Waals surface area contributed by atoms with Gasteiger partial charge in [0.2, 0.25) is 0 Å². The maximum Gasteiger partial charge on any atom is 0.161 e. The van der Waals surface area contributed by atoms with Crippen LogP contribution in [0.4, 0.5) is 4.39 Å². The van der Waals surface area contributed by atoms with Crippen LogP contribution in [0, 0.1) is 5.82 Å². The Labute approximate surface area is 180 Å². The molecule has 0 aliphatic heterocycles. The fourth-order valence-electron chi connectivity index (χ4n) is 4.45. The number of aromatic nitrogens is 2. The summed E-state index contributed by atoms with van der Waals surface area (Å²) in [5.41, 5.74) is 0. The molecule has 0 spiro atoms. The minimum Gasteiger partial charge on any atom is -0.324 e. The Balaban J connectivity index is 1.64. The second-order valence-corrected chi connectivity index (χ2v) is 12.4. The summed E-state index contributed by atoms with van der Waals surface area (Å²) in [7, 11) is -1.73. The number of hydrogen-bond acceptors (Lipinski definition) is 2. The average molecular weight is 427 g/mol. The summed E-state index contributed by atoms with van der Waals surface area (Å²) in [6, 6.07) is 21.7. The maximum atomic E-state index is 13.4. The first-order valence-electron chi connectivity index (χ1n) is 10.7. The zero-order valence-corrected chi connectivity index (χ0v) is 18.8. The first kappa shape index (κ1) is 21.1. The van der Waals surface area contributed by atoms with Crippen molar-refractivity contribution in [1.29, 1.82) is 0 Å². The smallest absolute Gasteiger partial charge is 0.161 e. The molecule has 0 radical (unpaired) electrons. The van der Waals surface area contributed by atoms with Crippen molar-refractivity contribution in [1.82, 2.24) is 9.78 Å². The van der Waals surface area contributed by atoms with Gasteiger partial charge in [0.1, 0.15) is 0 Å². The molecule has 0 atom stereocenters. The molecule has 0 unspecified atom stereocenters. The van der Waals surface area contributed by atoms with E-state index >= 15 is 0 Å². The molecular formula is C25H31FN2OS. The Bertz CT molecular complexity index is 905. The topological polar surface area (TPSA) is 27.1 Å². The molecule has 0 bridgehead atoms. The van der Waals surface area contributed by atoms with Crippen LogP contribution in [0.1, 0.15) is 52.5 Å². The summed E-state index contributed by atoms with van der Waals surface area (Å²) < 4.78 is 22.3. The van der Waals surface area contributed by atoms with Gasteiger partial charge in [0.25, 0.3) is 0 Å². The Morgan fingerprint density at radius 2 is 1.43 bits per heavy atom. The van der Waals surface area contributed by atoms with Crippen molar-refractivity contribution in [2.75, 3.05) is 0 Å². The molecule has 1 aliphatic carbocycles. The highest BCUT2D eigenvalue weighted by molar-refractivity contribution is 8.31. The first-order valence-corrected chi connectivity index (χ1v) is 12.3. The van der Waals surface area contributed by atoms with Gasteiger partial charge in [-0.1, -0.05) is 46.7 Å². The van der Waals surface area contributed by atoms with Crippen LogP contribution < -0.4 is 0 Å². The summed E-state index contributed by atoms with van der Waals surface area (Å²) in [4.78, 5) is 2.53. The van der Waals surface area contributed by atoms with Gasteiger partial charge in [-0.2, -0.15) is 5.10 Å². The van der Waals surface area contributed by atoms with Gasteiger partial charge >= 0.3 is 0 Å². The fourth-order valence-corrected chi connectivity index (χ4v) is 8.33. The van der Waals surface area contributed by atoms with Crippen LogP contribution in [0.2, 0.25) is 0 Å². The van der Waals surface area contributed by atoms with Crippen LogP contribution in [0.15, 0.2) is 82.8 Å². The molecular weight excluding hydrogens is 395 g/mol. The first-order chi connectivity index (χ1) is 14.4. The molecule has 4 rings (SSSR count). The van der Waals surface area contributed by atoms with Crippen molar-refractivity contribution in [3.63, 3.8) is 0 Å². The summed E-state index contributed by atoms with van der Waals surface area (Å²) >= 11 is 0. The van der Waals surface area contributed by atoms with E-state index in [4.69, 9.17) is 4.18 Å². The third kappa shape index (κ3) is 4.06.